The Hall–Kier alpha value is -1.88. The summed E-state index contributed by atoms with van der Waals surface area (Å²) < 4.78 is 6.24. The maximum absolute atomic E-state index is 13.2. The molecule has 3 aliphatic heterocycles. The average Bonchev–Trinajstić information content (AvgIpc) is 3.24. The highest BCUT2D eigenvalue weighted by Gasteiger charge is 2.65. The molecule has 0 aromatic heterocycles. The second-order valence-corrected chi connectivity index (χ2v) is 9.21. The van der Waals surface area contributed by atoms with Crippen LogP contribution in [0.1, 0.15) is 52.5 Å². The zero-order valence-electron chi connectivity index (χ0n) is 16.8. The van der Waals surface area contributed by atoms with Crippen LogP contribution in [0.25, 0.3) is 0 Å². The van der Waals surface area contributed by atoms with Crippen molar-refractivity contribution in [2.45, 2.75) is 70.2 Å². The van der Waals surface area contributed by atoms with Gasteiger partial charge in [-0.3, -0.25) is 9.59 Å². The van der Waals surface area contributed by atoms with Gasteiger partial charge in [0.2, 0.25) is 11.8 Å². The Kier molecular flexibility index (Phi) is 4.34. The molecule has 0 N–H and O–H groups in total. The van der Waals surface area contributed by atoms with Crippen molar-refractivity contribution in [3.63, 3.8) is 0 Å². The van der Waals surface area contributed by atoms with Crippen LogP contribution in [0.3, 0.4) is 0 Å². The second-order valence-electron chi connectivity index (χ2n) is 9.21. The number of ether oxygens (including phenoxy) is 1. The van der Waals surface area contributed by atoms with Gasteiger partial charge in [0, 0.05) is 19.4 Å². The third-order valence-corrected chi connectivity index (χ3v) is 6.73. The van der Waals surface area contributed by atoms with Crippen molar-refractivity contribution in [1.29, 1.82) is 0 Å². The van der Waals surface area contributed by atoms with Gasteiger partial charge in [-0.25, -0.2) is 0 Å². The molecule has 1 spiro atoms. The van der Waals surface area contributed by atoms with Crippen molar-refractivity contribution in [3.8, 4) is 0 Å². The summed E-state index contributed by atoms with van der Waals surface area (Å²) in [5, 5.41) is 0. The maximum atomic E-state index is 13.2. The number of carbonyl (C=O) groups excluding carboxylic acids is 2. The predicted octanol–water partition coefficient (Wildman–Crippen LogP) is 2.94. The van der Waals surface area contributed by atoms with Crippen LogP contribution in [0.5, 0.6) is 0 Å². The molecule has 3 saturated heterocycles. The Morgan fingerprint density at radius 2 is 2.00 bits per heavy atom. The molecule has 1 aromatic rings. The van der Waals surface area contributed by atoms with Crippen LogP contribution < -0.4 is 0 Å². The Balaban J connectivity index is 1.54. The lowest BCUT2D eigenvalue weighted by Crippen LogP contribution is -2.51. The molecular weight excluding hydrogens is 340 g/mol. The molecule has 2 amide bonds. The normalized spacial score (nSPS) is 30.2. The van der Waals surface area contributed by atoms with Crippen LogP contribution in [0.15, 0.2) is 30.3 Å². The van der Waals surface area contributed by atoms with Crippen molar-refractivity contribution in [3.05, 3.63) is 35.9 Å². The van der Waals surface area contributed by atoms with E-state index in [1.807, 2.05) is 28.0 Å². The van der Waals surface area contributed by atoms with Crippen molar-refractivity contribution in [2.24, 2.45) is 5.92 Å². The lowest BCUT2D eigenvalue weighted by molar-refractivity contribution is -0.142. The fourth-order valence-electron chi connectivity index (χ4n) is 5.14. The molecule has 5 heteroatoms. The SMILES string of the molecule is CC(C)[C@@H]1CO[C@@]23CCN(C(=O)CC(C)(C)c4ccccc4)[C@@H]2CC(=O)N13. The molecule has 0 saturated carbocycles. The number of hydrogen-bond donors (Lipinski definition) is 0. The Bertz CT molecular complexity index is 745. The van der Waals surface area contributed by atoms with Crippen molar-refractivity contribution < 1.29 is 14.3 Å². The average molecular weight is 370 g/mol. The van der Waals surface area contributed by atoms with Crippen LogP contribution >= 0.6 is 0 Å². The first-order valence-electron chi connectivity index (χ1n) is 10.1. The Morgan fingerprint density at radius 3 is 2.67 bits per heavy atom. The number of carbonyl (C=O) groups is 2. The van der Waals surface area contributed by atoms with E-state index in [9.17, 15) is 9.59 Å². The largest absolute Gasteiger partial charge is 0.351 e. The minimum atomic E-state index is -0.585. The number of likely N-dealkylation sites (tertiary alicyclic amines) is 1. The van der Waals surface area contributed by atoms with Gasteiger partial charge in [0.15, 0.2) is 5.72 Å². The molecule has 3 heterocycles. The van der Waals surface area contributed by atoms with Gasteiger partial charge in [-0.15, -0.1) is 0 Å². The quantitative estimate of drug-likeness (QED) is 0.819. The first kappa shape index (κ1) is 18.5. The van der Waals surface area contributed by atoms with Crippen LogP contribution in [0.4, 0.5) is 0 Å². The standard InChI is InChI=1S/C22H30N2O3/c1-15(2)17-14-27-22-10-11-23(18(22)12-19(25)24(17)22)20(26)13-21(3,4)16-8-6-5-7-9-16/h5-9,15,17-18H,10-14H2,1-4H3/t17-,18+,22-/m0/s1. The van der Waals surface area contributed by atoms with E-state index in [0.29, 0.717) is 31.9 Å². The lowest BCUT2D eigenvalue weighted by Gasteiger charge is -2.35. The van der Waals surface area contributed by atoms with Crippen LogP contribution in [-0.4, -0.2) is 52.6 Å². The number of nitrogens with zero attached hydrogens (tertiary/aromatic N) is 2. The van der Waals surface area contributed by atoms with Crippen molar-refractivity contribution >= 4 is 11.8 Å². The van der Waals surface area contributed by atoms with Crippen LogP contribution in [0.2, 0.25) is 0 Å². The third-order valence-electron chi connectivity index (χ3n) is 6.73. The first-order chi connectivity index (χ1) is 12.8. The molecule has 3 fully saturated rings. The molecular formula is C22H30N2O3. The van der Waals surface area contributed by atoms with E-state index < -0.39 is 5.72 Å². The monoisotopic (exact) mass is 370 g/mol. The zero-order chi connectivity index (χ0) is 19.4. The molecule has 146 valence electrons. The minimum absolute atomic E-state index is 0.122. The van der Waals surface area contributed by atoms with Gasteiger partial charge in [0.1, 0.15) is 0 Å². The van der Waals surface area contributed by atoms with Gasteiger partial charge in [-0.05, 0) is 16.9 Å². The summed E-state index contributed by atoms with van der Waals surface area (Å²) in [7, 11) is 0. The molecule has 0 radical (unpaired) electrons. The topological polar surface area (TPSA) is 49.9 Å². The number of amides is 2. The molecule has 0 aliphatic carbocycles. The van der Waals surface area contributed by atoms with Crippen molar-refractivity contribution in [2.75, 3.05) is 13.2 Å². The van der Waals surface area contributed by atoms with Gasteiger partial charge >= 0.3 is 0 Å². The van der Waals surface area contributed by atoms with Gasteiger partial charge in [0.25, 0.3) is 0 Å². The number of rotatable bonds is 4. The second kappa shape index (κ2) is 6.33. The summed E-state index contributed by atoms with van der Waals surface area (Å²) in [5.41, 5.74) is 0.333. The molecule has 0 bridgehead atoms. The number of hydrogen-bond acceptors (Lipinski definition) is 3. The molecule has 1 aromatic carbocycles. The lowest BCUT2D eigenvalue weighted by atomic mass is 9.81. The highest BCUT2D eigenvalue weighted by molar-refractivity contribution is 5.85. The number of benzene rings is 1. The highest BCUT2D eigenvalue weighted by atomic mass is 16.5. The van der Waals surface area contributed by atoms with Gasteiger partial charge in [-0.1, -0.05) is 58.0 Å². The summed E-state index contributed by atoms with van der Waals surface area (Å²) >= 11 is 0. The van der Waals surface area contributed by atoms with E-state index in [0.717, 1.165) is 12.0 Å². The molecule has 0 unspecified atom stereocenters. The van der Waals surface area contributed by atoms with E-state index in [1.54, 1.807) is 0 Å². The third kappa shape index (κ3) is 2.78. The first-order valence-corrected chi connectivity index (χ1v) is 10.1. The Morgan fingerprint density at radius 1 is 1.30 bits per heavy atom. The molecule has 3 aliphatic rings. The van der Waals surface area contributed by atoms with Crippen molar-refractivity contribution in [1.82, 2.24) is 9.80 Å². The minimum Gasteiger partial charge on any atom is -0.351 e. The summed E-state index contributed by atoms with van der Waals surface area (Å²) in [4.78, 5) is 29.9. The van der Waals surface area contributed by atoms with Crippen LogP contribution in [0, 0.1) is 5.92 Å². The maximum Gasteiger partial charge on any atom is 0.227 e. The Labute approximate surface area is 161 Å². The van der Waals surface area contributed by atoms with Gasteiger partial charge in [-0.2, -0.15) is 0 Å². The molecule has 4 rings (SSSR count). The van der Waals surface area contributed by atoms with E-state index in [4.69, 9.17) is 4.74 Å². The summed E-state index contributed by atoms with van der Waals surface area (Å²) in [6.07, 6.45) is 1.55. The molecule has 27 heavy (non-hydrogen) atoms. The summed E-state index contributed by atoms with van der Waals surface area (Å²) in [6, 6.07) is 10.1. The zero-order valence-corrected chi connectivity index (χ0v) is 16.8. The van der Waals surface area contributed by atoms with Gasteiger partial charge < -0.3 is 14.5 Å². The predicted molar refractivity (Wildman–Crippen MR) is 103 cm³/mol. The van der Waals surface area contributed by atoms with E-state index in [-0.39, 0.29) is 29.3 Å². The molecule has 3 atom stereocenters. The highest BCUT2D eigenvalue weighted by Crippen LogP contribution is 2.49. The summed E-state index contributed by atoms with van der Waals surface area (Å²) in [6.45, 7) is 9.74. The molecule has 5 nitrogen and oxygen atoms in total. The van der Waals surface area contributed by atoms with E-state index >= 15 is 0 Å². The summed E-state index contributed by atoms with van der Waals surface area (Å²) in [5.74, 6) is 0.613. The fourth-order valence-corrected chi connectivity index (χ4v) is 5.14. The van der Waals surface area contributed by atoms with Crippen LogP contribution in [-0.2, 0) is 19.7 Å². The fraction of sp³-hybridized carbons (Fsp3) is 0.636. The van der Waals surface area contributed by atoms with E-state index in [2.05, 4.69) is 39.8 Å². The van der Waals surface area contributed by atoms with Gasteiger partial charge in [0.05, 0.1) is 25.1 Å². The smallest absolute Gasteiger partial charge is 0.227 e. The van der Waals surface area contributed by atoms with E-state index in [1.165, 1.54) is 0 Å².